The Bertz CT molecular complexity index is 773. The standard InChI is InChI=1S/C16H19N3O3/c1-10-7-8-19(15(20)14(10)16(21)22)9-13-11-5-3-2-4-6-12(11)17-18-13/h7-8H,2-6,9H2,1H3,(H,17,18)(H,21,22). The van der Waals surface area contributed by atoms with Crippen LogP contribution in [0, 0.1) is 6.92 Å². The molecule has 0 unspecified atom stereocenters. The third-order valence-corrected chi connectivity index (χ3v) is 4.30. The Morgan fingerprint density at radius 3 is 2.91 bits per heavy atom. The molecule has 6 heteroatoms. The maximum Gasteiger partial charge on any atom is 0.341 e. The zero-order valence-corrected chi connectivity index (χ0v) is 12.6. The lowest BCUT2D eigenvalue weighted by Crippen LogP contribution is -2.27. The van der Waals surface area contributed by atoms with Gasteiger partial charge in [-0.15, -0.1) is 0 Å². The van der Waals surface area contributed by atoms with Crippen LogP contribution in [0.5, 0.6) is 0 Å². The minimum atomic E-state index is -1.18. The molecule has 22 heavy (non-hydrogen) atoms. The minimum Gasteiger partial charge on any atom is -0.477 e. The van der Waals surface area contributed by atoms with Gasteiger partial charge >= 0.3 is 5.97 Å². The number of carbonyl (C=O) groups is 1. The quantitative estimate of drug-likeness (QED) is 0.847. The second-order valence-electron chi connectivity index (χ2n) is 5.80. The van der Waals surface area contributed by atoms with Crippen molar-refractivity contribution < 1.29 is 9.90 Å². The van der Waals surface area contributed by atoms with Crippen molar-refractivity contribution in [3.05, 3.63) is 50.7 Å². The summed E-state index contributed by atoms with van der Waals surface area (Å²) in [7, 11) is 0. The average Bonchev–Trinajstić information content (AvgIpc) is 2.69. The molecule has 2 aromatic heterocycles. The summed E-state index contributed by atoms with van der Waals surface area (Å²) in [5, 5.41) is 16.6. The fourth-order valence-corrected chi connectivity index (χ4v) is 3.07. The van der Waals surface area contributed by atoms with Crippen molar-refractivity contribution in [2.24, 2.45) is 0 Å². The Morgan fingerprint density at radius 2 is 2.14 bits per heavy atom. The van der Waals surface area contributed by atoms with Crippen molar-refractivity contribution >= 4 is 5.97 Å². The number of H-pyrrole nitrogens is 1. The maximum atomic E-state index is 12.3. The maximum absolute atomic E-state index is 12.3. The van der Waals surface area contributed by atoms with Crippen LogP contribution in [0.15, 0.2) is 17.1 Å². The largest absolute Gasteiger partial charge is 0.477 e. The van der Waals surface area contributed by atoms with Gasteiger partial charge in [0.15, 0.2) is 0 Å². The van der Waals surface area contributed by atoms with Crippen LogP contribution in [0.1, 0.15) is 52.1 Å². The van der Waals surface area contributed by atoms with E-state index < -0.39 is 11.5 Å². The molecule has 6 nitrogen and oxygen atoms in total. The predicted octanol–water partition coefficient (Wildman–Crippen LogP) is 1.90. The smallest absolute Gasteiger partial charge is 0.341 e. The number of aromatic amines is 1. The SMILES string of the molecule is Cc1ccn(Cc2n[nH]c3c2CCCCC3)c(=O)c1C(=O)O. The molecule has 1 aliphatic rings. The number of pyridine rings is 1. The van der Waals surface area contributed by atoms with Crippen LogP contribution < -0.4 is 5.56 Å². The van der Waals surface area contributed by atoms with Gasteiger partial charge in [0.2, 0.25) is 0 Å². The van der Waals surface area contributed by atoms with Gasteiger partial charge in [0.05, 0.1) is 12.2 Å². The summed E-state index contributed by atoms with van der Waals surface area (Å²) in [6.45, 7) is 1.95. The highest BCUT2D eigenvalue weighted by molar-refractivity contribution is 5.88. The molecule has 0 spiro atoms. The molecule has 2 aromatic rings. The van der Waals surface area contributed by atoms with E-state index in [1.807, 2.05) is 0 Å². The molecular formula is C16H19N3O3. The van der Waals surface area contributed by atoms with Crippen molar-refractivity contribution in [2.75, 3.05) is 0 Å². The first-order chi connectivity index (χ1) is 10.6. The van der Waals surface area contributed by atoms with Crippen LogP contribution in [0.2, 0.25) is 0 Å². The summed E-state index contributed by atoms with van der Waals surface area (Å²) in [6, 6.07) is 1.66. The van der Waals surface area contributed by atoms with Crippen LogP contribution >= 0.6 is 0 Å². The van der Waals surface area contributed by atoms with Crippen LogP contribution in [0.25, 0.3) is 0 Å². The first kappa shape index (κ1) is 14.6. The lowest BCUT2D eigenvalue weighted by molar-refractivity contribution is 0.0693. The number of aryl methyl sites for hydroxylation is 2. The van der Waals surface area contributed by atoms with Gasteiger partial charge in [0.1, 0.15) is 5.56 Å². The summed E-state index contributed by atoms with van der Waals surface area (Å²) in [5.41, 5.74) is 3.05. The zero-order valence-electron chi connectivity index (χ0n) is 12.6. The highest BCUT2D eigenvalue weighted by atomic mass is 16.4. The Morgan fingerprint density at radius 1 is 1.36 bits per heavy atom. The third kappa shape index (κ3) is 2.56. The normalized spacial score (nSPS) is 14.4. The van der Waals surface area contributed by atoms with Crippen molar-refractivity contribution in [1.29, 1.82) is 0 Å². The number of aromatic nitrogens is 3. The molecule has 116 valence electrons. The number of carboxylic acids is 1. The van der Waals surface area contributed by atoms with Crippen LogP contribution in [-0.2, 0) is 19.4 Å². The monoisotopic (exact) mass is 301 g/mol. The van der Waals surface area contributed by atoms with E-state index in [2.05, 4.69) is 10.2 Å². The van der Waals surface area contributed by atoms with Crippen molar-refractivity contribution in [3.63, 3.8) is 0 Å². The number of rotatable bonds is 3. The molecule has 2 heterocycles. The molecular weight excluding hydrogens is 282 g/mol. The second kappa shape index (κ2) is 5.79. The molecule has 0 aromatic carbocycles. The summed E-state index contributed by atoms with van der Waals surface area (Å²) in [4.78, 5) is 23.6. The van der Waals surface area contributed by atoms with Gasteiger partial charge in [-0.25, -0.2) is 4.79 Å². The van der Waals surface area contributed by atoms with E-state index >= 15 is 0 Å². The number of fused-ring (bicyclic) bond motifs is 1. The molecule has 1 aliphatic carbocycles. The highest BCUT2D eigenvalue weighted by Gasteiger charge is 2.18. The molecule has 3 rings (SSSR count). The molecule has 0 amide bonds. The van der Waals surface area contributed by atoms with Gasteiger partial charge in [-0.2, -0.15) is 5.10 Å². The van der Waals surface area contributed by atoms with Gasteiger partial charge in [0, 0.05) is 11.9 Å². The highest BCUT2D eigenvalue weighted by Crippen LogP contribution is 2.22. The van der Waals surface area contributed by atoms with Crippen LogP contribution in [0.4, 0.5) is 0 Å². The first-order valence-electron chi connectivity index (χ1n) is 7.56. The molecule has 0 bridgehead atoms. The van der Waals surface area contributed by atoms with Gasteiger partial charge in [-0.3, -0.25) is 9.89 Å². The summed E-state index contributed by atoms with van der Waals surface area (Å²) in [6.07, 6.45) is 7.08. The third-order valence-electron chi connectivity index (χ3n) is 4.30. The number of nitrogens with one attached hydrogen (secondary N) is 1. The number of hydrogen-bond donors (Lipinski definition) is 2. The molecule has 0 fully saturated rings. The molecule has 0 saturated heterocycles. The minimum absolute atomic E-state index is 0.163. The molecule has 0 aliphatic heterocycles. The zero-order chi connectivity index (χ0) is 15.7. The van der Waals surface area contributed by atoms with E-state index in [0.717, 1.165) is 37.1 Å². The summed E-state index contributed by atoms with van der Waals surface area (Å²) < 4.78 is 1.43. The molecule has 2 N–H and O–H groups in total. The molecule has 0 atom stereocenters. The summed E-state index contributed by atoms with van der Waals surface area (Å²) >= 11 is 0. The fourth-order valence-electron chi connectivity index (χ4n) is 3.07. The second-order valence-corrected chi connectivity index (χ2v) is 5.80. The van der Waals surface area contributed by atoms with E-state index in [4.69, 9.17) is 0 Å². The Hall–Kier alpha value is -2.37. The van der Waals surface area contributed by atoms with E-state index in [1.165, 1.54) is 16.6 Å². The van der Waals surface area contributed by atoms with Crippen molar-refractivity contribution in [3.8, 4) is 0 Å². The van der Waals surface area contributed by atoms with E-state index in [0.29, 0.717) is 12.1 Å². The van der Waals surface area contributed by atoms with E-state index in [1.54, 1.807) is 19.2 Å². The number of aromatic carboxylic acids is 1. The molecule has 0 saturated carbocycles. The topological polar surface area (TPSA) is 88.0 Å². The fraction of sp³-hybridized carbons (Fsp3) is 0.438. The Labute approximate surface area is 127 Å². The van der Waals surface area contributed by atoms with Crippen molar-refractivity contribution in [1.82, 2.24) is 14.8 Å². The van der Waals surface area contributed by atoms with E-state index in [-0.39, 0.29) is 5.56 Å². The average molecular weight is 301 g/mol. The number of carboxylic acid groups (broad SMARTS) is 1. The summed E-state index contributed by atoms with van der Waals surface area (Å²) in [5.74, 6) is -1.18. The first-order valence-corrected chi connectivity index (χ1v) is 7.56. The Kier molecular flexibility index (Phi) is 3.83. The lowest BCUT2D eigenvalue weighted by Gasteiger charge is -2.08. The number of hydrogen-bond acceptors (Lipinski definition) is 3. The predicted molar refractivity (Wildman–Crippen MR) is 81.3 cm³/mol. The van der Waals surface area contributed by atoms with Gasteiger partial charge in [-0.1, -0.05) is 6.42 Å². The lowest BCUT2D eigenvalue weighted by atomic mass is 10.1. The van der Waals surface area contributed by atoms with Crippen LogP contribution in [-0.4, -0.2) is 25.8 Å². The van der Waals surface area contributed by atoms with Crippen molar-refractivity contribution in [2.45, 2.75) is 45.6 Å². The van der Waals surface area contributed by atoms with Gasteiger partial charge in [0.25, 0.3) is 5.56 Å². The number of nitrogens with zero attached hydrogens (tertiary/aromatic N) is 2. The van der Waals surface area contributed by atoms with E-state index in [9.17, 15) is 14.7 Å². The van der Waals surface area contributed by atoms with Crippen LogP contribution in [0.3, 0.4) is 0 Å². The Balaban J connectivity index is 1.98. The van der Waals surface area contributed by atoms with Gasteiger partial charge in [-0.05, 0) is 49.8 Å². The molecule has 0 radical (unpaired) electrons. The van der Waals surface area contributed by atoms with Gasteiger partial charge < -0.3 is 9.67 Å².